The molecule has 5 heteroatoms. The van der Waals surface area contributed by atoms with Gasteiger partial charge >= 0.3 is 0 Å². The average Bonchev–Trinajstić information content (AvgIpc) is 2.79. The molecule has 0 aliphatic heterocycles. The third-order valence-electron chi connectivity index (χ3n) is 1.99. The number of aldehydes is 1. The Morgan fingerprint density at radius 2 is 2.31 bits per heavy atom. The Hall–Kier alpha value is -1.81. The van der Waals surface area contributed by atoms with E-state index in [2.05, 4.69) is 5.16 Å². The van der Waals surface area contributed by atoms with Crippen LogP contribution < -0.4 is 4.74 Å². The van der Waals surface area contributed by atoms with Gasteiger partial charge in [0.1, 0.15) is 12.4 Å². The van der Waals surface area contributed by atoms with Crippen LogP contribution in [-0.4, -0.2) is 11.4 Å². The fourth-order valence-corrected chi connectivity index (χ4v) is 1.43. The predicted molar refractivity (Wildman–Crippen MR) is 57.7 cm³/mol. The first-order valence-corrected chi connectivity index (χ1v) is 4.95. The van der Waals surface area contributed by atoms with Crippen LogP contribution in [0.5, 0.6) is 5.75 Å². The zero-order valence-corrected chi connectivity index (χ0v) is 8.98. The molecule has 1 aromatic heterocycles. The highest BCUT2D eigenvalue weighted by molar-refractivity contribution is 6.33. The number of ether oxygens (including phenoxy) is 1. The molecule has 0 N–H and O–H groups in total. The molecule has 0 aliphatic rings. The van der Waals surface area contributed by atoms with Crippen molar-refractivity contribution in [3.05, 3.63) is 46.8 Å². The Balaban J connectivity index is 2.15. The maximum absolute atomic E-state index is 10.8. The van der Waals surface area contributed by atoms with Gasteiger partial charge in [0, 0.05) is 6.07 Å². The SMILES string of the molecule is O=Cc1c(Cl)cccc1OCc1ccno1. The smallest absolute Gasteiger partial charge is 0.174 e. The minimum Gasteiger partial charge on any atom is -0.485 e. The summed E-state index contributed by atoms with van der Waals surface area (Å²) in [6.07, 6.45) is 2.19. The average molecular weight is 238 g/mol. The van der Waals surface area contributed by atoms with Gasteiger partial charge in [0.05, 0.1) is 16.8 Å². The van der Waals surface area contributed by atoms with Gasteiger partial charge in [0.2, 0.25) is 0 Å². The van der Waals surface area contributed by atoms with E-state index in [1.54, 1.807) is 24.3 Å². The van der Waals surface area contributed by atoms with Crippen LogP contribution in [0.15, 0.2) is 35.0 Å². The lowest BCUT2D eigenvalue weighted by Gasteiger charge is -2.07. The second-order valence-corrected chi connectivity index (χ2v) is 3.44. The van der Waals surface area contributed by atoms with Crippen molar-refractivity contribution in [2.75, 3.05) is 0 Å². The molecule has 1 aromatic carbocycles. The highest BCUT2D eigenvalue weighted by atomic mass is 35.5. The maximum Gasteiger partial charge on any atom is 0.174 e. The Morgan fingerprint density at radius 1 is 1.44 bits per heavy atom. The Morgan fingerprint density at radius 3 is 3.00 bits per heavy atom. The first-order valence-electron chi connectivity index (χ1n) is 4.57. The van der Waals surface area contributed by atoms with E-state index >= 15 is 0 Å². The molecule has 0 fully saturated rings. The van der Waals surface area contributed by atoms with Gasteiger partial charge in [0.15, 0.2) is 12.0 Å². The van der Waals surface area contributed by atoms with Crippen molar-refractivity contribution < 1.29 is 14.1 Å². The molecule has 1 heterocycles. The normalized spacial score (nSPS) is 10.1. The third kappa shape index (κ3) is 2.23. The van der Waals surface area contributed by atoms with Gasteiger partial charge in [-0.15, -0.1) is 0 Å². The van der Waals surface area contributed by atoms with E-state index in [0.717, 1.165) is 0 Å². The molecule has 0 atom stereocenters. The molecular formula is C11H8ClNO3. The number of carbonyl (C=O) groups is 1. The summed E-state index contributed by atoms with van der Waals surface area (Å²) in [5.74, 6) is 1.01. The third-order valence-corrected chi connectivity index (χ3v) is 2.32. The van der Waals surface area contributed by atoms with Crippen molar-refractivity contribution in [3.8, 4) is 5.75 Å². The Bertz CT molecular complexity index is 482. The highest BCUT2D eigenvalue weighted by Crippen LogP contribution is 2.25. The fourth-order valence-electron chi connectivity index (χ4n) is 1.22. The van der Waals surface area contributed by atoms with Crippen LogP contribution in [-0.2, 0) is 6.61 Å². The van der Waals surface area contributed by atoms with Crippen molar-refractivity contribution in [1.29, 1.82) is 0 Å². The molecule has 2 rings (SSSR count). The maximum atomic E-state index is 10.8. The highest BCUT2D eigenvalue weighted by Gasteiger charge is 2.08. The lowest BCUT2D eigenvalue weighted by molar-refractivity contribution is 0.111. The summed E-state index contributed by atoms with van der Waals surface area (Å²) in [5, 5.41) is 3.91. The first-order chi connectivity index (χ1) is 7.81. The van der Waals surface area contributed by atoms with E-state index < -0.39 is 0 Å². The summed E-state index contributed by atoms with van der Waals surface area (Å²) in [7, 11) is 0. The van der Waals surface area contributed by atoms with Crippen LogP contribution in [0.4, 0.5) is 0 Å². The van der Waals surface area contributed by atoms with Crippen LogP contribution >= 0.6 is 11.6 Å². The fraction of sp³-hybridized carbons (Fsp3) is 0.0909. The Labute approximate surface area is 96.8 Å². The molecule has 0 bridgehead atoms. The molecule has 4 nitrogen and oxygen atoms in total. The lowest BCUT2D eigenvalue weighted by atomic mass is 10.2. The molecule has 0 radical (unpaired) electrons. The summed E-state index contributed by atoms with van der Waals surface area (Å²) >= 11 is 5.84. The van der Waals surface area contributed by atoms with Gasteiger partial charge in [-0.1, -0.05) is 22.8 Å². The summed E-state index contributed by atoms with van der Waals surface area (Å²) in [5.41, 5.74) is 0.337. The van der Waals surface area contributed by atoms with Crippen LogP contribution in [0, 0.1) is 0 Å². The number of rotatable bonds is 4. The number of carbonyl (C=O) groups excluding carboxylic acids is 1. The first kappa shape index (κ1) is 10.7. The number of nitrogens with zero attached hydrogens (tertiary/aromatic N) is 1. The quantitative estimate of drug-likeness (QED) is 0.768. The van der Waals surface area contributed by atoms with Gasteiger partial charge in [0.25, 0.3) is 0 Å². The molecule has 0 aliphatic carbocycles. The largest absolute Gasteiger partial charge is 0.485 e. The molecule has 0 amide bonds. The number of hydrogen-bond donors (Lipinski definition) is 0. The van der Waals surface area contributed by atoms with E-state index in [0.29, 0.717) is 28.4 Å². The summed E-state index contributed by atoms with van der Waals surface area (Å²) in [6.45, 7) is 0.210. The second kappa shape index (κ2) is 4.81. The molecule has 0 saturated carbocycles. The zero-order valence-electron chi connectivity index (χ0n) is 8.22. The van der Waals surface area contributed by atoms with Gasteiger partial charge in [-0.2, -0.15) is 0 Å². The minimum atomic E-state index is 0.210. The standard InChI is InChI=1S/C11H8ClNO3/c12-10-2-1-3-11(9(10)6-14)15-7-8-4-5-13-16-8/h1-6H,7H2. The lowest BCUT2D eigenvalue weighted by Crippen LogP contribution is -1.97. The van der Waals surface area contributed by atoms with Crippen molar-refractivity contribution in [3.63, 3.8) is 0 Å². The number of benzene rings is 1. The van der Waals surface area contributed by atoms with Crippen LogP contribution in [0.3, 0.4) is 0 Å². The number of halogens is 1. The second-order valence-electron chi connectivity index (χ2n) is 3.04. The van der Waals surface area contributed by atoms with Gasteiger partial charge in [-0.25, -0.2) is 0 Å². The van der Waals surface area contributed by atoms with Crippen molar-refractivity contribution in [2.24, 2.45) is 0 Å². The van der Waals surface area contributed by atoms with Crippen LogP contribution in [0.2, 0.25) is 5.02 Å². The van der Waals surface area contributed by atoms with Gasteiger partial charge in [-0.3, -0.25) is 4.79 Å². The molecule has 82 valence electrons. The van der Waals surface area contributed by atoms with E-state index in [1.165, 1.54) is 6.20 Å². The monoisotopic (exact) mass is 237 g/mol. The molecule has 16 heavy (non-hydrogen) atoms. The van der Waals surface area contributed by atoms with Gasteiger partial charge < -0.3 is 9.26 Å². The van der Waals surface area contributed by atoms with E-state index in [9.17, 15) is 4.79 Å². The minimum absolute atomic E-state index is 0.210. The summed E-state index contributed by atoms with van der Waals surface area (Å²) in [4.78, 5) is 10.8. The number of hydrogen-bond acceptors (Lipinski definition) is 4. The van der Waals surface area contributed by atoms with Crippen molar-refractivity contribution in [1.82, 2.24) is 5.16 Å². The number of aromatic nitrogens is 1. The van der Waals surface area contributed by atoms with Crippen LogP contribution in [0.25, 0.3) is 0 Å². The molecule has 0 spiro atoms. The molecular weight excluding hydrogens is 230 g/mol. The molecule has 2 aromatic rings. The Kier molecular flexibility index (Phi) is 3.22. The summed E-state index contributed by atoms with van der Waals surface area (Å²) < 4.78 is 10.3. The molecule has 0 saturated heterocycles. The zero-order chi connectivity index (χ0) is 11.4. The van der Waals surface area contributed by atoms with Crippen molar-refractivity contribution >= 4 is 17.9 Å². The molecule has 0 unspecified atom stereocenters. The topological polar surface area (TPSA) is 52.3 Å². The van der Waals surface area contributed by atoms with Gasteiger partial charge in [-0.05, 0) is 12.1 Å². The van der Waals surface area contributed by atoms with E-state index in [1.807, 2.05) is 0 Å². The van der Waals surface area contributed by atoms with E-state index in [-0.39, 0.29) is 6.61 Å². The van der Waals surface area contributed by atoms with Crippen LogP contribution in [0.1, 0.15) is 16.1 Å². The van der Waals surface area contributed by atoms with Crippen molar-refractivity contribution in [2.45, 2.75) is 6.61 Å². The van der Waals surface area contributed by atoms with E-state index in [4.69, 9.17) is 20.9 Å². The summed E-state index contributed by atoms with van der Waals surface area (Å²) in [6, 6.07) is 6.70. The predicted octanol–water partition coefficient (Wildman–Crippen LogP) is 2.72.